The number of anilines is 1. The Labute approximate surface area is 186 Å². The second-order valence-electron chi connectivity index (χ2n) is 10.3. The summed E-state index contributed by atoms with van der Waals surface area (Å²) in [7, 11) is -1.68. The highest BCUT2D eigenvalue weighted by Gasteiger charge is 2.54. The molecule has 4 nitrogen and oxygen atoms in total. The first kappa shape index (κ1) is 22.4. The van der Waals surface area contributed by atoms with E-state index in [9.17, 15) is 4.79 Å². The molecule has 4 rings (SSSR count). The molecule has 0 aromatic heterocycles. The van der Waals surface area contributed by atoms with Crippen molar-refractivity contribution >= 4 is 30.0 Å². The Hall–Kier alpha value is -0.823. The van der Waals surface area contributed by atoms with Crippen LogP contribution in [0.15, 0.2) is 23.1 Å². The van der Waals surface area contributed by atoms with Crippen molar-refractivity contribution in [2.75, 3.05) is 11.9 Å². The third-order valence-electron chi connectivity index (χ3n) is 7.27. The molecule has 3 aliphatic rings. The van der Waals surface area contributed by atoms with E-state index in [-0.39, 0.29) is 12.0 Å². The van der Waals surface area contributed by atoms with Crippen LogP contribution in [0.4, 0.5) is 5.69 Å². The van der Waals surface area contributed by atoms with Crippen molar-refractivity contribution in [3.05, 3.63) is 23.8 Å². The molecule has 1 aromatic carbocycles. The Morgan fingerprint density at radius 2 is 1.77 bits per heavy atom. The molecule has 30 heavy (non-hydrogen) atoms. The molecule has 1 unspecified atom stereocenters. The first-order valence-electron chi connectivity index (χ1n) is 11.7. The van der Waals surface area contributed by atoms with E-state index >= 15 is 0 Å². The minimum atomic E-state index is -1.68. The summed E-state index contributed by atoms with van der Waals surface area (Å²) < 4.78 is 12.5. The molecule has 1 amide bonds. The van der Waals surface area contributed by atoms with Crippen molar-refractivity contribution in [3.63, 3.8) is 0 Å². The average Bonchev–Trinajstić information content (AvgIpc) is 3.45. The van der Waals surface area contributed by atoms with Gasteiger partial charge in [-0.3, -0.25) is 4.79 Å². The fraction of sp³-hybridized carbons (Fsp3) is 0.708. The van der Waals surface area contributed by atoms with Crippen LogP contribution in [0.3, 0.4) is 0 Å². The quantitative estimate of drug-likeness (QED) is 0.474. The largest absolute Gasteiger partial charge is 0.338 e. The molecule has 2 fully saturated rings. The molecule has 1 aromatic rings. The van der Waals surface area contributed by atoms with Crippen LogP contribution in [0, 0.1) is 5.92 Å². The molecule has 6 heteroatoms. The first-order chi connectivity index (χ1) is 14.2. The third kappa shape index (κ3) is 3.78. The molecule has 2 aliphatic heterocycles. The number of fused-ring (bicyclic) bond motifs is 2. The number of hydrogen-bond donors (Lipinski definition) is 1. The number of carbonyl (C=O) groups is 1. The molecule has 1 saturated heterocycles. The fourth-order valence-corrected chi connectivity index (χ4v) is 14.8. The van der Waals surface area contributed by atoms with Gasteiger partial charge in [0.05, 0.1) is 18.4 Å². The van der Waals surface area contributed by atoms with Crippen molar-refractivity contribution < 1.29 is 14.3 Å². The average molecular weight is 448 g/mol. The van der Waals surface area contributed by atoms with Crippen LogP contribution in [-0.4, -0.2) is 25.8 Å². The van der Waals surface area contributed by atoms with Gasteiger partial charge in [0.15, 0.2) is 0 Å². The SMILES string of the molecule is CC(C)[Si](Sc1ccc2c(c1)[C@]1(OCCC(CC3CC3)O1)C(=O)N2)(C(C)C)C(C)C. The van der Waals surface area contributed by atoms with Crippen LogP contribution in [0.2, 0.25) is 16.6 Å². The van der Waals surface area contributed by atoms with Gasteiger partial charge in [0.2, 0.25) is 0 Å². The number of hydrogen-bond acceptors (Lipinski definition) is 4. The predicted molar refractivity (Wildman–Crippen MR) is 126 cm³/mol. The molecule has 2 heterocycles. The minimum absolute atomic E-state index is 0.106. The normalized spacial score (nSPS) is 26.7. The molecule has 0 bridgehead atoms. The lowest BCUT2D eigenvalue weighted by atomic mass is 10.0. The molecule has 0 radical (unpaired) electrons. The summed E-state index contributed by atoms with van der Waals surface area (Å²) in [6.45, 7) is 14.9. The van der Waals surface area contributed by atoms with E-state index < -0.39 is 13.0 Å². The van der Waals surface area contributed by atoms with E-state index in [1.54, 1.807) is 0 Å². The summed E-state index contributed by atoms with van der Waals surface area (Å²) >= 11 is 2.09. The topological polar surface area (TPSA) is 47.6 Å². The van der Waals surface area contributed by atoms with Crippen molar-refractivity contribution in [2.45, 2.75) is 101 Å². The Bertz CT molecular complexity index is 786. The summed E-state index contributed by atoms with van der Waals surface area (Å²) in [6, 6.07) is 6.39. The van der Waals surface area contributed by atoms with Crippen LogP contribution in [0.1, 0.15) is 72.8 Å². The molecule has 2 atom stereocenters. The van der Waals surface area contributed by atoms with E-state index in [4.69, 9.17) is 9.47 Å². The van der Waals surface area contributed by atoms with Gasteiger partial charge in [0.25, 0.3) is 11.7 Å². The number of amides is 1. The lowest BCUT2D eigenvalue weighted by Crippen LogP contribution is -2.47. The number of benzene rings is 1. The zero-order chi connectivity index (χ0) is 21.7. The smallest absolute Gasteiger partial charge is 0.289 e. The van der Waals surface area contributed by atoms with Gasteiger partial charge in [-0.1, -0.05) is 54.4 Å². The third-order valence-corrected chi connectivity index (χ3v) is 19.5. The molecular weight excluding hydrogens is 410 g/mol. The van der Waals surface area contributed by atoms with Crippen molar-refractivity contribution in [2.24, 2.45) is 5.92 Å². The van der Waals surface area contributed by atoms with Gasteiger partial charge < -0.3 is 14.8 Å². The van der Waals surface area contributed by atoms with Gasteiger partial charge in [-0.15, -0.1) is 0 Å². The molecule has 1 aliphatic carbocycles. The van der Waals surface area contributed by atoms with Gasteiger partial charge in [-0.25, -0.2) is 0 Å². The number of rotatable bonds is 7. The standard InChI is InChI=1S/C24H37NO3SSi/c1-15(2)30(16(3)4,17(5)6)29-20-9-10-22-21(14-20)24(23(26)25-22)27-12-11-19(28-24)13-18-7-8-18/h9-10,14-19H,7-8,11-13H2,1-6H3,(H,25,26)/t19?,24-/m1/s1. The Morgan fingerprint density at radius 1 is 1.10 bits per heavy atom. The highest BCUT2D eigenvalue weighted by atomic mass is 32.4. The summed E-state index contributed by atoms with van der Waals surface area (Å²) in [4.78, 5) is 14.3. The maximum Gasteiger partial charge on any atom is 0.289 e. The van der Waals surface area contributed by atoms with Crippen LogP contribution in [0.5, 0.6) is 0 Å². The molecule has 1 N–H and O–H groups in total. The van der Waals surface area contributed by atoms with Gasteiger partial charge >= 0.3 is 0 Å². The van der Waals surface area contributed by atoms with E-state index in [1.165, 1.54) is 17.7 Å². The summed E-state index contributed by atoms with van der Waals surface area (Å²) in [6.07, 6.45) is 4.62. The van der Waals surface area contributed by atoms with Gasteiger partial charge in [0, 0.05) is 10.5 Å². The minimum Gasteiger partial charge on any atom is -0.338 e. The summed E-state index contributed by atoms with van der Waals surface area (Å²) in [5, 5.41) is 3.02. The predicted octanol–water partition coefficient (Wildman–Crippen LogP) is 6.66. The van der Waals surface area contributed by atoms with Crippen molar-refractivity contribution in [1.82, 2.24) is 0 Å². The Kier molecular flexibility index (Phi) is 6.16. The number of carbonyl (C=O) groups excluding carboxylic acids is 1. The van der Waals surface area contributed by atoms with Crippen LogP contribution < -0.4 is 5.32 Å². The highest BCUT2D eigenvalue weighted by molar-refractivity contribution is 8.29. The van der Waals surface area contributed by atoms with E-state index in [2.05, 4.69) is 70.2 Å². The molecule has 166 valence electrons. The zero-order valence-corrected chi connectivity index (χ0v) is 21.1. The lowest BCUT2D eigenvalue weighted by Gasteiger charge is -2.42. The van der Waals surface area contributed by atoms with Crippen LogP contribution in [0.25, 0.3) is 0 Å². The maximum atomic E-state index is 13.0. The molecule has 1 saturated carbocycles. The first-order valence-corrected chi connectivity index (χ1v) is 15.4. The molecular formula is C24H37NO3SSi. The van der Waals surface area contributed by atoms with Crippen molar-refractivity contribution in [3.8, 4) is 0 Å². The zero-order valence-electron chi connectivity index (χ0n) is 19.3. The molecule has 1 spiro atoms. The fourth-order valence-electron chi connectivity index (χ4n) is 5.67. The Balaban J connectivity index is 1.66. The number of ether oxygens (including phenoxy) is 2. The van der Waals surface area contributed by atoms with E-state index in [1.807, 2.05) is 6.07 Å². The van der Waals surface area contributed by atoms with Crippen LogP contribution >= 0.6 is 11.2 Å². The summed E-state index contributed by atoms with van der Waals surface area (Å²) in [5.74, 6) is -0.660. The van der Waals surface area contributed by atoms with Crippen molar-refractivity contribution in [1.29, 1.82) is 0 Å². The lowest BCUT2D eigenvalue weighted by molar-refractivity contribution is -0.281. The Morgan fingerprint density at radius 3 is 2.37 bits per heavy atom. The highest BCUT2D eigenvalue weighted by Crippen LogP contribution is 2.53. The second kappa shape index (κ2) is 8.27. The maximum absolute atomic E-state index is 13.0. The van der Waals surface area contributed by atoms with Gasteiger partial charge in [-0.05, 0) is 53.6 Å². The monoisotopic (exact) mass is 447 g/mol. The van der Waals surface area contributed by atoms with E-state index in [0.717, 1.165) is 30.0 Å². The van der Waals surface area contributed by atoms with Crippen LogP contribution in [-0.2, 0) is 20.1 Å². The van der Waals surface area contributed by atoms with Gasteiger partial charge in [0.1, 0.15) is 7.22 Å². The summed E-state index contributed by atoms with van der Waals surface area (Å²) in [5.41, 5.74) is 3.69. The van der Waals surface area contributed by atoms with E-state index in [0.29, 0.717) is 23.2 Å². The number of nitrogens with one attached hydrogen (secondary N) is 1. The second-order valence-corrected chi connectivity index (χ2v) is 18.8. The van der Waals surface area contributed by atoms with Gasteiger partial charge in [-0.2, -0.15) is 11.2 Å².